The zero-order valence-electron chi connectivity index (χ0n) is 15.0. The Morgan fingerprint density at radius 1 is 1.24 bits per heavy atom. The first-order chi connectivity index (χ1) is 11.6. The highest BCUT2D eigenvalue weighted by atomic mass is 35.5. The lowest BCUT2D eigenvalue weighted by Crippen LogP contribution is -2.21. The maximum Gasteiger partial charge on any atom is 0.226 e. The number of carbonyl (C=O) groups is 1. The minimum absolute atomic E-state index is 0. The minimum atomic E-state index is -0.0403. The van der Waals surface area contributed by atoms with E-state index in [-0.39, 0.29) is 18.3 Å². The van der Waals surface area contributed by atoms with E-state index < -0.39 is 0 Å². The largest absolute Gasteiger partial charge is 0.493 e. The Kier molecular flexibility index (Phi) is 8.24. The molecule has 25 heavy (non-hydrogen) atoms. The molecular weight excluding hydrogens is 344 g/mol. The van der Waals surface area contributed by atoms with Crippen molar-refractivity contribution in [2.75, 3.05) is 33.1 Å². The number of hydrogen-bond acceptors (Lipinski definition) is 5. The molecule has 0 saturated heterocycles. The maximum absolute atomic E-state index is 12.0. The van der Waals surface area contributed by atoms with E-state index in [1.54, 1.807) is 25.1 Å². The molecule has 1 aromatic heterocycles. The van der Waals surface area contributed by atoms with Crippen LogP contribution in [0.3, 0.4) is 0 Å². The number of anilines is 1. The van der Waals surface area contributed by atoms with Crippen molar-refractivity contribution < 1.29 is 14.3 Å². The summed E-state index contributed by atoms with van der Waals surface area (Å²) in [6.45, 7) is 3.08. The summed E-state index contributed by atoms with van der Waals surface area (Å²) in [5, 5.41) is 10.2. The third kappa shape index (κ3) is 5.37. The van der Waals surface area contributed by atoms with Gasteiger partial charge in [0.25, 0.3) is 0 Å². The smallest absolute Gasteiger partial charge is 0.226 e. The Labute approximate surface area is 154 Å². The SMILES string of the molecule is CNCCC(=O)Nc1c(C)cnn1Cc1ccc(OC)c(OC)c1.Cl. The molecule has 0 radical (unpaired) electrons. The lowest BCUT2D eigenvalue weighted by molar-refractivity contribution is -0.116. The molecule has 0 aliphatic rings. The molecule has 138 valence electrons. The van der Waals surface area contributed by atoms with Crippen molar-refractivity contribution >= 4 is 24.1 Å². The van der Waals surface area contributed by atoms with Crippen LogP contribution in [0.1, 0.15) is 17.5 Å². The third-order valence-corrected chi connectivity index (χ3v) is 3.66. The second-order valence-corrected chi connectivity index (χ2v) is 5.42. The van der Waals surface area contributed by atoms with Crippen LogP contribution in [0.15, 0.2) is 24.4 Å². The van der Waals surface area contributed by atoms with Gasteiger partial charge >= 0.3 is 0 Å². The van der Waals surface area contributed by atoms with E-state index in [2.05, 4.69) is 15.7 Å². The highest BCUT2D eigenvalue weighted by Crippen LogP contribution is 2.28. The van der Waals surface area contributed by atoms with Crippen LogP contribution >= 0.6 is 12.4 Å². The lowest BCUT2D eigenvalue weighted by Gasteiger charge is -2.12. The molecule has 0 bridgehead atoms. The number of rotatable bonds is 8. The molecule has 1 amide bonds. The first-order valence-corrected chi connectivity index (χ1v) is 7.76. The molecule has 0 aliphatic heterocycles. The first kappa shape index (κ1) is 20.8. The Hall–Kier alpha value is -2.25. The molecule has 8 heteroatoms. The van der Waals surface area contributed by atoms with Gasteiger partial charge in [-0.1, -0.05) is 6.07 Å². The highest BCUT2D eigenvalue weighted by Gasteiger charge is 2.12. The second-order valence-electron chi connectivity index (χ2n) is 5.42. The van der Waals surface area contributed by atoms with Crippen molar-refractivity contribution in [1.82, 2.24) is 15.1 Å². The summed E-state index contributed by atoms with van der Waals surface area (Å²) in [6.07, 6.45) is 2.16. The number of methoxy groups -OCH3 is 2. The van der Waals surface area contributed by atoms with Gasteiger partial charge in [0.1, 0.15) is 5.82 Å². The topological polar surface area (TPSA) is 77.4 Å². The molecule has 0 fully saturated rings. The third-order valence-electron chi connectivity index (χ3n) is 3.66. The summed E-state index contributed by atoms with van der Waals surface area (Å²) in [5.74, 6) is 2.02. The van der Waals surface area contributed by atoms with Crippen molar-refractivity contribution in [3.63, 3.8) is 0 Å². The van der Waals surface area contributed by atoms with Gasteiger partial charge in [0.15, 0.2) is 11.5 Å². The molecule has 0 unspecified atom stereocenters. The summed E-state index contributed by atoms with van der Waals surface area (Å²) in [4.78, 5) is 12.0. The average molecular weight is 369 g/mol. The van der Waals surface area contributed by atoms with Crippen LogP contribution in [0.25, 0.3) is 0 Å². The molecule has 0 spiro atoms. The molecule has 7 nitrogen and oxygen atoms in total. The zero-order chi connectivity index (χ0) is 17.5. The number of nitrogens with one attached hydrogen (secondary N) is 2. The fourth-order valence-corrected chi connectivity index (χ4v) is 2.35. The van der Waals surface area contributed by atoms with Crippen molar-refractivity contribution in [2.45, 2.75) is 19.9 Å². The van der Waals surface area contributed by atoms with Crippen LogP contribution in [0.2, 0.25) is 0 Å². The van der Waals surface area contributed by atoms with E-state index in [1.165, 1.54) is 0 Å². The predicted molar refractivity (Wildman–Crippen MR) is 100 cm³/mol. The highest BCUT2D eigenvalue weighted by molar-refractivity contribution is 5.90. The molecule has 2 aromatic rings. The molecule has 0 saturated carbocycles. The van der Waals surface area contributed by atoms with Crippen LogP contribution < -0.4 is 20.1 Å². The van der Waals surface area contributed by atoms with Gasteiger partial charge in [-0.3, -0.25) is 4.79 Å². The number of halogens is 1. The van der Waals surface area contributed by atoms with E-state index in [9.17, 15) is 4.79 Å². The van der Waals surface area contributed by atoms with Crippen LogP contribution in [0.4, 0.5) is 5.82 Å². The number of ether oxygens (including phenoxy) is 2. The number of aryl methyl sites for hydroxylation is 1. The normalized spacial score (nSPS) is 10.1. The average Bonchev–Trinajstić information content (AvgIpc) is 2.93. The van der Waals surface area contributed by atoms with Crippen molar-refractivity contribution in [2.24, 2.45) is 0 Å². The summed E-state index contributed by atoms with van der Waals surface area (Å²) in [5.41, 5.74) is 1.93. The first-order valence-electron chi connectivity index (χ1n) is 7.76. The Morgan fingerprint density at radius 3 is 2.60 bits per heavy atom. The molecule has 2 N–H and O–H groups in total. The van der Waals surface area contributed by atoms with Gasteiger partial charge in [-0.2, -0.15) is 5.10 Å². The Morgan fingerprint density at radius 2 is 1.96 bits per heavy atom. The maximum atomic E-state index is 12.0. The molecule has 1 heterocycles. The lowest BCUT2D eigenvalue weighted by atomic mass is 10.2. The number of carbonyl (C=O) groups excluding carboxylic acids is 1. The quantitative estimate of drug-likeness (QED) is 0.747. The molecular formula is C17H25ClN4O3. The van der Waals surface area contributed by atoms with E-state index in [4.69, 9.17) is 9.47 Å². The molecule has 2 rings (SSSR count). The Balaban J connectivity index is 0.00000312. The van der Waals surface area contributed by atoms with Crippen LogP contribution in [-0.2, 0) is 11.3 Å². The molecule has 1 aromatic carbocycles. The van der Waals surface area contributed by atoms with Gasteiger partial charge in [0, 0.05) is 18.5 Å². The number of amides is 1. The summed E-state index contributed by atoms with van der Waals surface area (Å²) in [7, 11) is 5.03. The standard InChI is InChI=1S/C17H24N4O3.ClH/c1-12-10-19-21(17(12)20-16(22)7-8-18-2)11-13-5-6-14(23-3)15(9-13)24-4;/h5-6,9-10,18H,7-8,11H2,1-4H3,(H,20,22);1H. The summed E-state index contributed by atoms with van der Waals surface area (Å²) in [6, 6.07) is 5.71. The van der Waals surface area contributed by atoms with Gasteiger partial charge in [-0.05, 0) is 31.7 Å². The van der Waals surface area contributed by atoms with E-state index in [0.717, 1.165) is 11.1 Å². The second kappa shape index (κ2) is 9.90. The van der Waals surface area contributed by atoms with Crippen molar-refractivity contribution in [3.8, 4) is 11.5 Å². The number of aromatic nitrogens is 2. The van der Waals surface area contributed by atoms with E-state index >= 15 is 0 Å². The monoisotopic (exact) mass is 368 g/mol. The van der Waals surface area contributed by atoms with Crippen molar-refractivity contribution in [1.29, 1.82) is 0 Å². The van der Waals surface area contributed by atoms with E-state index in [0.29, 0.717) is 36.8 Å². The minimum Gasteiger partial charge on any atom is -0.493 e. The predicted octanol–water partition coefficient (Wildman–Crippen LogP) is 2.23. The van der Waals surface area contributed by atoms with Gasteiger partial charge in [-0.25, -0.2) is 4.68 Å². The fourth-order valence-electron chi connectivity index (χ4n) is 2.35. The number of hydrogen-bond donors (Lipinski definition) is 2. The van der Waals surface area contributed by atoms with Gasteiger partial charge in [0.05, 0.1) is 27.0 Å². The van der Waals surface area contributed by atoms with Crippen LogP contribution in [0.5, 0.6) is 11.5 Å². The Bertz CT molecular complexity index is 703. The van der Waals surface area contributed by atoms with Gasteiger partial charge < -0.3 is 20.1 Å². The number of benzene rings is 1. The van der Waals surface area contributed by atoms with Gasteiger partial charge in [0.2, 0.25) is 5.91 Å². The van der Waals surface area contributed by atoms with Gasteiger partial charge in [-0.15, -0.1) is 12.4 Å². The van der Waals surface area contributed by atoms with Crippen LogP contribution in [-0.4, -0.2) is 43.5 Å². The molecule has 0 aliphatic carbocycles. The fraction of sp³-hybridized carbons (Fsp3) is 0.412. The van der Waals surface area contributed by atoms with Crippen molar-refractivity contribution in [3.05, 3.63) is 35.5 Å². The zero-order valence-corrected chi connectivity index (χ0v) is 15.8. The molecule has 0 atom stereocenters. The summed E-state index contributed by atoms with van der Waals surface area (Å²) >= 11 is 0. The van der Waals surface area contributed by atoms with Crippen LogP contribution in [0, 0.1) is 6.92 Å². The number of nitrogens with zero attached hydrogens (tertiary/aromatic N) is 2. The summed E-state index contributed by atoms with van der Waals surface area (Å²) < 4.78 is 12.3. The van der Waals surface area contributed by atoms with E-state index in [1.807, 2.05) is 32.2 Å².